The Balaban J connectivity index is 1.84. The van der Waals surface area contributed by atoms with Gasteiger partial charge in [0.15, 0.2) is 0 Å². The van der Waals surface area contributed by atoms with Crippen LogP contribution in [0.25, 0.3) is 0 Å². The topological polar surface area (TPSA) is 72.2 Å². The zero-order valence-electron chi connectivity index (χ0n) is 10.8. The third-order valence-electron chi connectivity index (χ3n) is 2.88. The molecule has 2 aromatic carbocycles. The van der Waals surface area contributed by atoms with Gasteiger partial charge in [-0.25, -0.2) is 0 Å². The summed E-state index contributed by atoms with van der Waals surface area (Å²) >= 11 is 0. The molecule has 0 bridgehead atoms. The van der Waals surface area contributed by atoms with E-state index in [-0.39, 0.29) is 11.6 Å². The summed E-state index contributed by atoms with van der Waals surface area (Å²) in [5.41, 5.74) is 1.64. The van der Waals surface area contributed by atoms with Gasteiger partial charge >= 0.3 is 0 Å². The maximum Gasteiger partial charge on any atom is 0.269 e. The van der Waals surface area contributed by atoms with E-state index in [0.29, 0.717) is 18.5 Å². The minimum absolute atomic E-state index is 0.0714. The maximum absolute atomic E-state index is 11.8. The highest BCUT2D eigenvalue weighted by Gasteiger charge is 2.05. The van der Waals surface area contributed by atoms with Crippen LogP contribution in [0.2, 0.25) is 0 Å². The lowest BCUT2D eigenvalue weighted by Crippen LogP contribution is -2.25. The number of hydrogen-bond acceptors (Lipinski definition) is 3. The molecule has 2 rings (SSSR count). The molecule has 102 valence electrons. The largest absolute Gasteiger partial charge is 0.352 e. The lowest BCUT2D eigenvalue weighted by atomic mass is 10.1. The average molecular weight is 270 g/mol. The molecule has 1 amide bonds. The molecule has 0 aliphatic heterocycles. The SMILES string of the molecule is O=C(NCCc1ccc([N+](=O)[O-])cc1)c1ccccc1. The van der Waals surface area contributed by atoms with Crippen molar-refractivity contribution in [2.75, 3.05) is 6.54 Å². The van der Waals surface area contributed by atoms with Crippen LogP contribution in [-0.2, 0) is 6.42 Å². The maximum atomic E-state index is 11.8. The molecular weight excluding hydrogens is 256 g/mol. The number of amides is 1. The third-order valence-corrected chi connectivity index (χ3v) is 2.88. The highest BCUT2D eigenvalue weighted by atomic mass is 16.6. The van der Waals surface area contributed by atoms with Gasteiger partial charge in [-0.3, -0.25) is 14.9 Å². The van der Waals surface area contributed by atoms with Gasteiger partial charge in [-0.05, 0) is 24.1 Å². The molecule has 0 saturated heterocycles. The van der Waals surface area contributed by atoms with Crippen molar-refractivity contribution >= 4 is 11.6 Å². The van der Waals surface area contributed by atoms with Crippen LogP contribution in [-0.4, -0.2) is 17.4 Å². The predicted molar refractivity (Wildman–Crippen MR) is 75.6 cm³/mol. The molecule has 0 saturated carbocycles. The van der Waals surface area contributed by atoms with E-state index in [1.807, 2.05) is 18.2 Å². The number of nitrogens with zero attached hydrogens (tertiary/aromatic N) is 1. The number of rotatable bonds is 5. The van der Waals surface area contributed by atoms with Crippen molar-refractivity contribution in [3.8, 4) is 0 Å². The minimum Gasteiger partial charge on any atom is -0.352 e. The molecule has 0 aliphatic rings. The van der Waals surface area contributed by atoms with Gasteiger partial charge in [-0.1, -0.05) is 30.3 Å². The summed E-state index contributed by atoms with van der Waals surface area (Å²) < 4.78 is 0. The zero-order chi connectivity index (χ0) is 14.4. The molecule has 2 aromatic rings. The molecule has 0 unspecified atom stereocenters. The summed E-state index contributed by atoms with van der Waals surface area (Å²) in [4.78, 5) is 21.9. The Morgan fingerprint density at radius 2 is 1.70 bits per heavy atom. The molecule has 0 spiro atoms. The molecule has 0 atom stereocenters. The number of carbonyl (C=O) groups is 1. The van der Waals surface area contributed by atoms with Crippen molar-refractivity contribution in [3.63, 3.8) is 0 Å². The molecule has 20 heavy (non-hydrogen) atoms. The van der Waals surface area contributed by atoms with Crippen molar-refractivity contribution in [2.45, 2.75) is 6.42 Å². The fourth-order valence-electron chi connectivity index (χ4n) is 1.80. The van der Waals surface area contributed by atoms with E-state index in [1.54, 1.807) is 24.3 Å². The number of non-ortho nitro benzene ring substituents is 1. The smallest absolute Gasteiger partial charge is 0.269 e. The van der Waals surface area contributed by atoms with Crippen molar-refractivity contribution in [3.05, 3.63) is 75.8 Å². The Morgan fingerprint density at radius 3 is 2.30 bits per heavy atom. The first kappa shape index (κ1) is 13.7. The highest BCUT2D eigenvalue weighted by molar-refractivity contribution is 5.94. The van der Waals surface area contributed by atoms with Crippen LogP contribution < -0.4 is 5.32 Å². The second kappa shape index (κ2) is 6.47. The normalized spacial score (nSPS) is 10.0. The molecule has 5 heteroatoms. The van der Waals surface area contributed by atoms with Crippen LogP contribution in [0, 0.1) is 10.1 Å². The Hall–Kier alpha value is -2.69. The summed E-state index contributed by atoms with van der Waals surface area (Å²) in [5, 5.41) is 13.3. The summed E-state index contributed by atoms with van der Waals surface area (Å²) in [6, 6.07) is 15.3. The number of nitrogens with one attached hydrogen (secondary N) is 1. The van der Waals surface area contributed by atoms with Gasteiger partial charge in [0, 0.05) is 24.2 Å². The second-order valence-electron chi connectivity index (χ2n) is 4.30. The number of benzene rings is 2. The Morgan fingerprint density at radius 1 is 1.05 bits per heavy atom. The number of hydrogen-bond donors (Lipinski definition) is 1. The van der Waals surface area contributed by atoms with Gasteiger partial charge in [0.05, 0.1) is 4.92 Å². The van der Waals surface area contributed by atoms with Crippen LogP contribution in [0.1, 0.15) is 15.9 Å². The number of carbonyl (C=O) groups excluding carboxylic acids is 1. The average Bonchev–Trinajstić information content (AvgIpc) is 2.48. The van der Waals surface area contributed by atoms with Crippen LogP contribution in [0.3, 0.4) is 0 Å². The highest BCUT2D eigenvalue weighted by Crippen LogP contribution is 2.11. The Bertz CT molecular complexity index is 594. The molecule has 0 fully saturated rings. The van der Waals surface area contributed by atoms with Crippen molar-refractivity contribution < 1.29 is 9.72 Å². The standard InChI is InChI=1S/C15H14N2O3/c18-15(13-4-2-1-3-5-13)16-11-10-12-6-8-14(9-7-12)17(19)20/h1-9H,10-11H2,(H,16,18). The van der Waals surface area contributed by atoms with Crippen LogP contribution in [0.15, 0.2) is 54.6 Å². The fourth-order valence-corrected chi connectivity index (χ4v) is 1.80. The Kier molecular flexibility index (Phi) is 4.44. The molecule has 1 N–H and O–H groups in total. The van der Waals surface area contributed by atoms with Crippen molar-refractivity contribution in [1.29, 1.82) is 0 Å². The van der Waals surface area contributed by atoms with Crippen LogP contribution >= 0.6 is 0 Å². The monoisotopic (exact) mass is 270 g/mol. The minimum atomic E-state index is -0.430. The third kappa shape index (κ3) is 3.65. The molecule has 0 aliphatic carbocycles. The van der Waals surface area contributed by atoms with E-state index in [0.717, 1.165) is 5.56 Å². The van der Waals surface area contributed by atoms with Crippen LogP contribution in [0.4, 0.5) is 5.69 Å². The van der Waals surface area contributed by atoms with E-state index in [4.69, 9.17) is 0 Å². The number of nitro benzene ring substituents is 1. The summed E-state index contributed by atoms with van der Waals surface area (Å²) in [5.74, 6) is -0.118. The molecule has 5 nitrogen and oxygen atoms in total. The Labute approximate surface area is 116 Å². The van der Waals surface area contributed by atoms with E-state index < -0.39 is 4.92 Å². The van der Waals surface area contributed by atoms with Gasteiger partial charge in [-0.15, -0.1) is 0 Å². The summed E-state index contributed by atoms with van der Waals surface area (Å²) in [6.07, 6.45) is 0.635. The predicted octanol–water partition coefficient (Wildman–Crippen LogP) is 2.57. The molecular formula is C15H14N2O3. The lowest BCUT2D eigenvalue weighted by Gasteiger charge is -2.05. The first-order valence-corrected chi connectivity index (χ1v) is 6.23. The van der Waals surface area contributed by atoms with Gasteiger partial charge in [0.25, 0.3) is 11.6 Å². The molecule has 0 radical (unpaired) electrons. The fraction of sp³-hybridized carbons (Fsp3) is 0.133. The van der Waals surface area contributed by atoms with Gasteiger partial charge < -0.3 is 5.32 Å². The zero-order valence-corrected chi connectivity index (χ0v) is 10.8. The first-order valence-electron chi connectivity index (χ1n) is 6.23. The van der Waals surface area contributed by atoms with Crippen molar-refractivity contribution in [2.24, 2.45) is 0 Å². The van der Waals surface area contributed by atoms with E-state index in [1.165, 1.54) is 12.1 Å². The van der Waals surface area contributed by atoms with E-state index in [9.17, 15) is 14.9 Å². The van der Waals surface area contributed by atoms with Crippen LogP contribution in [0.5, 0.6) is 0 Å². The van der Waals surface area contributed by atoms with Gasteiger partial charge in [0.1, 0.15) is 0 Å². The molecule has 0 heterocycles. The quantitative estimate of drug-likeness (QED) is 0.670. The molecule has 0 aromatic heterocycles. The second-order valence-corrected chi connectivity index (χ2v) is 4.30. The van der Waals surface area contributed by atoms with Gasteiger partial charge in [-0.2, -0.15) is 0 Å². The van der Waals surface area contributed by atoms with E-state index >= 15 is 0 Å². The summed E-state index contributed by atoms with van der Waals surface area (Å²) in [6.45, 7) is 0.492. The number of nitro groups is 1. The van der Waals surface area contributed by atoms with E-state index in [2.05, 4.69) is 5.32 Å². The van der Waals surface area contributed by atoms with Gasteiger partial charge in [0.2, 0.25) is 0 Å². The lowest BCUT2D eigenvalue weighted by molar-refractivity contribution is -0.384. The first-order chi connectivity index (χ1) is 9.66. The summed E-state index contributed by atoms with van der Waals surface area (Å²) in [7, 11) is 0. The van der Waals surface area contributed by atoms with Crippen molar-refractivity contribution in [1.82, 2.24) is 5.32 Å².